The molecule has 1 heterocycles. The average Bonchev–Trinajstić information content (AvgIpc) is 2.33. The van der Waals surface area contributed by atoms with Crippen molar-refractivity contribution in [1.29, 1.82) is 0 Å². The fraction of sp³-hybridized carbons (Fsp3) is 0.533. The van der Waals surface area contributed by atoms with Gasteiger partial charge in [0, 0.05) is 12.6 Å². The Kier molecular flexibility index (Phi) is 6.35. The number of pyridine rings is 1. The minimum atomic E-state index is 0.329. The molecule has 2 heteroatoms. The van der Waals surface area contributed by atoms with E-state index in [0.29, 0.717) is 6.04 Å². The third-order valence-corrected chi connectivity index (χ3v) is 2.67. The zero-order valence-corrected chi connectivity index (χ0v) is 11.1. The van der Waals surface area contributed by atoms with Gasteiger partial charge in [-0.2, -0.15) is 0 Å². The summed E-state index contributed by atoms with van der Waals surface area (Å²) in [7, 11) is 0. The van der Waals surface area contributed by atoms with Crippen molar-refractivity contribution < 1.29 is 0 Å². The Morgan fingerprint density at radius 3 is 2.94 bits per heavy atom. The highest BCUT2D eigenvalue weighted by atomic mass is 14.9. The van der Waals surface area contributed by atoms with Gasteiger partial charge in [0.25, 0.3) is 0 Å². The smallest absolute Gasteiger partial charge is 0.0576 e. The molecule has 0 saturated heterocycles. The second-order valence-corrected chi connectivity index (χ2v) is 4.23. The van der Waals surface area contributed by atoms with Crippen LogP contribution in [0, 0.1) is 18.8 Å². The van der Waals surface area contributed by atoms with Gasteiger partial charge in [0.2, 0.25) is 0 Å². The lowest BCUT2D eigenvalue weighted by atomic mass is 10.1. The van der Waals surface area contributed by atoms with Crippen molar-refractivity contribution in [2.75, 3.05) is 6.54 Å². The van der Waals surface area contributed by atoms with Crippen molar-refractivity contribution in [3.63, 3.8) is 0 Å². The van der Waals surface area contributed by atoms with Crippen LogP contribution in [0.15, 0.2) is 18.3 Å². The minimum Gasteiger partial charge on any atom is -0.309 e. The van der Waals surface area contributed by atoms with E-state index in [4.69, 9.17) is 0 Å². The van der Waals surface area contributed by atoms with Gasteiger partial charge in [-0.3, -0.25) is 4.98 Å². The number of nitrogens with zero attached hydrogens (tertiary/aromatic N) is 1. The molecule has 0 aromatic carbocycles. The first-order valence-corrected chi connectivity index (χ1v) is 6.33. The number of aromatic nitrogens is 1. The molecule has 1 aromatic rings. The van der Waals surface area contributed by atoms with E-state index in [9.17, 15) is 0 Å². The van der Waals surface area contributed by atoms with Gasteiger partial charge in [0.05, 0.1) is 11.7 Å². The van der Waals surface area contributed by atoms with Crippen LogP contribution in [-0.4, -0.2) is 11.5 Å². The Hall–Kier alpha value is -1.33. The summed E-state index contributed by atoms with van der Waals surface area (Å²) in [6.45, 7) is 7.20. The van der Waals surface area contributed by atoms with E-state index in [1.165, 1.54) is 5.56 Å². The van der Waals surface area contributed by atoms with E-state index < -0.39 is 0 Å². The zero-order valence-electron chi connectivity index (χ0n) is 11.1. The van der Waals surface area contributed by atoms with Crippen molar-refractivity contribution in [2.24, 2.45) is 0 Å². The van der Waals surface area contributed by atoms with Crippen LogP contribution in [0.3, 0.4) is 0 Å². The number of rotatable bonds is 6. The molecule has 0 saturated carbocycles. The van der Waals surface area contributed by atoms with Crippen LogP contribution in [0.5, 0.6) is 0 Å². The Morgan fingerprint density at radius 2 is 2.29 bits per heavy atom. The van der Waals surface area contributed by atoms with Crippen LogP contribution in [-0.2, 0) is 0 Å². The Bertz CT molecular complexity index is 387. The number of hydrogen-bond donors (Lipinski definition) is 1. The molecule has 0 aliphatic heterocycles. The summed E-state index contributed by atoms with van der Waals surface area (Å²) in [6, 6.07) is 4.52. The summed E-state index contributed by atoms with van der Waals surface area (Å²) in [6.07, 6.45) is 4.98. The predicted molar refractivity (Wildman–Crippen MR) is 72.7 cm³/mol. The van der Waals surface area contributed by atoms with Crippen molar-refractivity contribution in [1.82, 2.24) is 10.3 Å². The molecule has 0 aliphatic rings. The maximum Gasteiger partial charge on any atom is 0.0576 e. The highest BCUT2D eigenvalue weighted by molar-refractivity contribution is 5.17. The molecule has 17 heavy (non-hydrogen) atoms. The van der Waals surface area contributed by atoms with Gasteiger partial charge in [-0.25, -0.2) is 0 Å². The normalized spacial score (nSPS) is 11.7. The van der Waals surface area contributed by atoms with E-state index in [-0.39, 0.29) is 0 Å². The largest absolute Gasteiger partial charge is 0.309 e. The fourth-order valence-electron chi connectivity index (χ4n) is 1.76. The summed E-state index contributed by atoms with van der Waals surface area (Å²) in [4.78, 5) is 4.46. The molecule has 92 valence electrons. The zero-order chi connectivity index (χ0) is 12.5. The van der Waals surface area contributed by atoms with Gasteiger partial charge < -0.3 is 5.32 Å². The molecule has 0 amide bonds. The lowest BCUT2D eigenvalue weighted by Gasteiger charge is -2.17. The van der Waals surface area contributed by atoms with Crippen LogP contribution in [0.25, 0.3) is 0 Å². The van der Waals surface area contributed by atoms with Crippen molar-refractivity contribution in [3.8, 4) is 11.8 Å². The van der Waals surface area contributed by atoms with Gasteiger partial charge in [-0.1, -0.05) is 6.92 Å². The molecule has 0 radical (unpaired) electrons. The number of nitrogens with one attached hydrogen (secondary N) is 1. The third kappa shape index (κ3) is 5.01. The van der Waals surface area contributed by atoms with Crippen LogP contribution in [0.4, 0.5) is 0 Å². The van der Waals surface area contributed by atoms with Gasteiger partial charge in [-0.05, 0) is 50.9 Å². The average molecular weight is 230 g/mol. The summed E-state index contributed by atoms with van der Waals surface area (Å²) in [5.74, 6) is 6.07. The molecule has 0 spiro atoms. The lowest BCUT2D eigenvalue weighted by molar-refractivity contribution is 0.494. The van der Waals surface area contributed by atoms with E-state index in [0.717, 1.165) is 31.5 Å². The van der Waals surface area contributed by atoms with Gasteiger partial charge in [0.1, 0.15) is 0 Å². The van der Waals surface area contributed by atoms with E-state index >= 15 is 0 Å². The number of hydrogen-bond acceptors (Lipinski definition) is 2. The fourth-order valence-corrected chi connectivity index (χ4v) is 1.76. The van der Waals surface area contributed by atoms with Crippen LogP contribution < -0.4 is 5.32 Å². The molecule has 0 fully saturated rings. The van der Waals surface area contributed by atoms with Crippen LogP contribution in [0.2, 0.25) is 0 Å². The molecule has 1 aromatic heterocycles. The molecule has 0 bridgehead atoms. The van der Waals surface area contributed by atoms with Crippen molar-refractivity contribution in [3.05, 3.63) is 29.6 Å². The Morgan fingerprint density at radius 1 is 1.47 bits per heavy atom. The first-order chi connectivity index (χ1) is 8.27. The van der Waals surface area contributed by atoms with Gasteiger partial charge in [0.15, 0.2) is 0 Å². The molecule has 1 atom stereocenters. The van der Waals surface area contributed by atoms with Crippen LogP contribution >= 0.6 is 0 Å². The Balaban J connectivity index is 2.69. The lowest BCUT2D eigenvalue weighted by Crippen LogP contribution is -2.23. The highest BCUT2D eigenvalue weighted by Crippen LogP contribution is 2.17. The quantitative estimate of drug-likeness (QED) is 0.759. The van der Waals surface area contributed by atoms with E-state index in [1.807, 2.05) is 19.2 Å². The SMILES string of the molecule is CC#CCCC(NCCC)c1cc(C)ccn1. The molecule has 1 unspecified atom stereocenters. The molecule has 2 nitrogen and oxygen atoms in total. The summed E-state index contributed by atoms with van der Waals surface area (Å²) < 4.78 is 0. The molecule has 1 N–H and O–H groups in total. The first kappa shape index (κ1) is 13.7. The van der Waals surface area contributed by atoms with Crippen molar-refractivity contribution >= 4 is 0 Å². The number of aryl methyl sites for hydroxylation is 1. The monoisotopic (exact) mass is 230 g/mol. The maximum atomic E-state index is 4.46. The molecule has 0 aliphatic carbocycles. The molecular weight excluding hydrogens is 208 g/mol. The second kappa shape index (κ2) is 7.86. The van der Waals surface area contributed by atoms with Gasteiger partial charge >= 0.3 is 0 Å². The third-order valence-electron chi connectivity index (χ3n) is 2.67. The van der Waals surface area contributed by atoms with E-state index in [2.05, 4.69) is 42.1 Å². The second-order valence-electron chi connectivity index (χ2n) is 4.23. The summed E-state index contributed by atoms with van der Waals surface area (Å²) in [5, 5.41) is 3.54. The topological polar surface area (TPSA) is 24.9 Å². The van der Waals surface area contributed by atoms with Crippen molar-refractivity contribution in [2.45, 2.75) is 46.1 Å². The maximum absolute atomic E-state index is 4.46. The first-order valence-electron chi connectivity index (χ1n) is 6.33. The van der Waals surface area contributed by atoms with Crippen LogP contribution in [0.1, 0.15) is 50.4 Å². The Labute approximate surface area is 105 Å². The van der Waals surface area contributed by atoms with Gasteiger partial charge in [-0.15, -0.1) is 11.8 Å². The molecular formula is C15H22N2. The minimum absolute atomic E-state index is 0.329. The standard InChI is InChI=1S/C15H22N2/c1-4-6-7-8-14(16-10-5-2)15-12-13(3)9-11-17-15/h9,11-12,14,16H,5,7-8,10H2,1-3H3. The predicted octanol–water partition coefficient (Wildman–Crippen LogP) is 3.23. The molecule has 1 rings (SSSR count). The van der Waals surface area contributed by atoms with E-state index in [1.54, 1.807) is 0 Å². The summed E-state index contributed by atoms with van der Waals surface area (Å²) >= 11 is 0. The summed E-state index contributed by atoms with van der Waals surface area (Å²) in [5.41, 5.74) is 2.40. The highest BCUT2D eigenvalue weighted by Gasteiger charge is 2.11.